The van der Waals surface area contributed by atoms with Crippen LogP contribution in [0.25, 0.3) is 0 Å². The van der Waals surface area contributed by atoms with Crippen LogP contribution in [-0.4, -0.2) is 86.7 Å². The highest BCUT2D eigenvalue weighted by Crippen LogP contribution is 2.33. The zero-order valence-corrected chi connectivity index (χ0v) is 25.0. The Hall–Kier alpha value is -3.02. The molecular formula is C31H46N4O7. The van der Waals surface area contributed by atoms with Crippen molar-refractivity contribution in [3.8, 4) is 5.75 Å². The minimum absolute atomic E-state index is 0.129. The minimum Gasteiger partial charge on any atom is -0.497 e. The van der Waals surface area contributed by atoms with Gasteiger partial charge in [0.1, 0.15) is 23.4 Å². The van der Waals surface area contributed by atoms with Gasteiger partial charge in [0.05, 0.1) is 38.9 Å². The topological polar surface area (TPSA) is 147 Å². The number of rotatable bonds is 14. The summed E-state index contributed by atoms with van der Waals surface area (Å²) in [6.07, 6.45) is 6.12. The minimum atomic E-state index is -0.967. The number of carbonyl (C=O) groups is 4. The van der Waals surface area contributed by atoms with Gasteiger partial charge in [-0.15, -0.1) is 0 Å². The Bertz CT molecular complexity index is 1080. The van der Waals surface area contributed by atoms with Crippen molar-refractivity contribution in [2.24, 2.45) is 5.92 Å². The molecule has 0 bridgehead atoms. The Morgan fingerprint density at radius 1 is 1.02 bits per heavy atom. The van der Waals surface area contributed by atoms with Crippen molar-refractivity contribution in [2.45, 2.75) is 95.0 Å². The molecule has 3 fully saturated rings. The van der Waals surface area contributed by atoms with Crippen molar-refractivity contribution < 1.29 is 33.4 Å². The van der Waals surface area contributed by atoms with Crippen LogP contribution in [-0.2, 0) is 35.1 Å². The van der Waals surface area contributed by atoms with E-state index in [1.54, 1.807) is 33.1 Å². The van der Waals surface area contributed by atoms with Crippen molar-refractivity contribution >= 4 is 23.5 Å². The van der Waals surface area contributed by atoms with Gasteiger partial charge in [0.2, 0.25) is 17.7 Å². The largest absolute Gasteiger partial charge is 0.497 e. The fourth-order valence-corrected chi connectivity index (χ4v) is 5.71. The molecule has 1 saturated carbocycles. The standard InChI is InChI=1S/C31H46N4O7/c1-20(33-27(36)17-24-18-32-13-14-41-24)29(38)35-26(16-22-9-11-23(40-3)12-10-22)30(39)34-25(28(37)31(2)19-42-31)15-21-7-5-4-6-8-21/h9-12,20-21,24-26,32H,4-8,13-19H2,1-3H3,(H,33,36)(H,34,39)(H,35,38)/t20-,24?,25-,26-,31+/m0/s1. The number of morpholine rings is 1. The Kier molecular flexibility index (Phi) is 11.3. The average Bonchev–Trinajstić information content (AvgIpc) is 3.75. The number of Topliss-reactive ketones (excluding diaryl/α,β-unsaturated/α-hetero) is 1. The molecule has 1 aromatic carbocycles. The first-order valence-corrected chi connectivity index (χ1v) is 15.2. The SMILES string of the molecule is COc1ccc(C[C@H](NC(=O)[C@H](C)NC(=O)CC2CNCCO2)C(=O)N[C@@H](CC2CCCCC2)C(=O)[C@@]2(C)CO2)cc1. The third-order valence-electron chi connectivity index (χ3n) is 8.45. The maximum absolute atomic E-state index is 13.8. The first-order valence-electron chi connectivity index (χ1n) is 15.2. The maximum atomic E-state index is 13.8. The third-order valence-corrected chi connectivity index (χ3v) is 8.45. The van der Waals surface area contributed by atoms with Crippen molar-refractivity contribution in [3.63, 3.8) is 0 Å². The second kappa shape index (κ2) is 14.9. The highest BCUT2D eigenvalue weighted by atomic mass is 16.6. The molecule has 2 aliphatic heterocycles. The Morgan fingerprint density at radius 2 is 1.71 bits per heavy atom. The molecule has 11 heteroatoms. The molecule has 2 heterocycles. The number of methoxy groups -OCH3 is 1. The van der Waals surface area contributed by atoms with Crippen molar-refractivity contribution in [1.82, 2.24) is 21.3 Å². The summed E-state index contributed by atoms with van der Waals surface area (Å²) in [6.45, 7) is 5.53. The highest BCUT2D eigenvalue weighted by Gasteiger charge is 2.50. The van der Waals surface area contributed by atoms with Gasteiger partial charge in [0.15, 0.2) is 5.78 Å². The number of nitrogens with one attached hydrogen (secondary N) is 4. The fourth-order valence-electron chi connectivity index (χ4n) is 5.71. The average molecular weight is 587 g/mol. The summed E-state index contributed by atoms with van der Waals surface area (Å²) >= 11 is 0. The van der Waals surface area contributed by atoms with Crippen molar-refractivity contribution in [2.75, 3.05) is 33.4 Å². The normalized spacial score (nSPS) is 24.5. The van der Waals surface area contributed by atoms with E-state index >= 15 is 0 Å². The zero-order chi connectivity index (χ0) is 30.1. The molecule has 0 radical (unpaired) electrons. The lowest BCUT2D eigenvalue weighted by atomic mass is 9.82. The smallest absolute Gasteiger partial charge is 0.243 e. The van der Waals surface area contributed by atoms with E-state index in [-0.39, 0.29) is 30.6 Å². The van der Waals surface area contributed by atoms with Gasteiger partial charge in [-0.1, -0.05) is 44.2 Å². The van der Waals surface area contributed by atoms with E-state index in [1.165, 1.54) is 6.42 Å². The number of benzene rings is 1. The summed E-state index contributed by atoms with van der Waals surface area (Å²) in [6, 6.07) is 4.70. The van der Waals surface area contributed by atoms with Crippen LogP contribution in [0.1, 0.15) is 64.4 Å². The molecule has 5 atom stereocenters. The van der Waals surface area contributed by atoms with Crippen molar-refractivity contribution in [1.29, 1.82) is 0 Å². The lowest BCUT2D eigenvalue weighted by Gasteiger charge is -2.29. The maximum Gasteiger partial charge on any atom is 0.243 e. The van der Waals surface area contributed by atoms with Crippen LogP contribution in [0.3, 0.4) is 0 Å². The number of ketones is 1. The Balaban J connectivity index is 1.44. The van der Waals surface area contributed by atoms with Crippen molar-refractivity contribution in [3.05, 3.63) is 29.8 Å². The van der Waals surface area contributed by atoms with E-state index in [2.05, 4.69) is 21.3 Å². The van der Waals surface area contributed by atoms with Crippen LogP contribution in [0.4, 0.5) is 0 Å². The predicted octanol–water partition coefficient (Wildman–Crippen LogP) is 1.42. The van der Waals surface area contributed by atoms with Crippen LogP contribution in [0.2, 0.25) is 0 Å². The summed E-state index contributed by atoms with van der Waals surface area (Å²) in [5.41, 5.74) is -0.0694. The Morgan fingerprint density at radius 3 is 2.33 bits per heavy atom. The molecule has 1 aliphatic carbocycles. The number of ether oxygens (including phenoxy) is 3. The van der Waals surface area contributed by atoms with E-state index in [0.29, 0.717) is 37.8 Å². The summed E-state index contributed by atoms with van der Waals surface area (Å²) in [4.78, 5) is 53.0. The fraction of sp³-hybridized carbons (Fsp3) is 0.677. The first kappa shape index (κ1) is 31.9. The zero-order valence-electron chi connectivity index (χ0n) is 25.0. The van der Waals surface area contributed by atoms with Gasteiger partial charge < -0.3 is 35.5 Å². The van der Waals surface area contributed by atoms with Crippen LogP contribution < -0.4 is 26.0 Å². The summed E-state index contributed by atoms with van der Waals surface area (Å²) < 4.78 is 16.3. The van der Waals surface area contributed by atoms with Crippen LogP contribution in [0.5, 0.6) is 5.75 Å². The molecule has 11 nitrogen and oxygen atoms in total. The quantitative estimate of drug-likeness (QED) is 0.239. The van der Waals surface area contributed by atoms with Gasteiger partial charge in [-0.05, 0) is 43.9 Å². The van der Waals surface area contributed by atoms with E-state index in [0.717, 1.165) is 37.8 Å². The second-order valence-electron chi connectivity index (χ2n) is 12.0. The summed E-state index contributed by atoms with van der Waals surface area (Å²) in [5.74, 6) is -0.351. The number of epoxide rings is 1. The van der Waals surface area contributed by atoms with Crippen LogP contribution in [0.15, 0.2) is 24.3 Å². The van der Waals surface area contributed by atoms with E-state index in [1.807, 2.05) is 12.1 Å². The Labute approximate surface area is 248 Å². The summed E-state index contributed by atoms with van der Waals surface area (Å²) in [5, 5.41) is 11.7. The lowest BCUT2D eigenvalue weighted by molar-refractivity contribution is -0.134. The predicted molar refractivity (Wildman–Crippen MR) is 156 cm³/mol. The molecule has 0 aromatic heterocycles. The second-order valence-corrected chi connectivity index (χ2v) is 12.0. The van der Waals surface area contributed by atoms with Gasteiger partial charge >= 0.3 is 0 Å². The number of hydrogen-bond donors (Lipinski definition) is 4. The van der Waals surface area contributed by atoms with Gasteiger partial charge in [-0.25, -0.2) is 0 Å². The molecule has 2 saturated heterocycles. The molecular weight excluding hydrogens is 540 g/mol. The van der Waals surface area contributed by atoms with E-state index in [9.17, 15) is 19.2 Å². The molecule has 4 rings (SSSR count). The molecule has 232 valence electrons. The van der Waals surface area contributed by atoms with Crippen LogP contribution in [0, 0.1) is 5.92 Å². The van der Waals surface area contributed by atoms with Gasteiger partial charge in [-0.2, -0.15) is 0 Å². The van der Waals surface area contributed by atoms with E-state index in [4.69, 9.17) is 14.2 Å². The van der Waals surface area contributed by atoms with Gasteiger partial charge in [-0.3, -0.25) is 19.2 Å². The molecule has 3 aliphatic rings. The number of amides is 3. The molecule has 3 amide bonds. The highest BCUT2D eigenvalue weighted by molar-refractivity contribution is 5.98. The molecule has 0 spiro atoms. The van der Waals surface area contributed by atoms with Gasteiger partial charge in [0.25, 0.3) is 0 Å². The monoisotopic (exact) mass is 586 g/mol. The third kappa shape index (κ3) is 9.24. The molecule has 1 aromatic rings. The van der Waals surface area contributed by atoms with E-state index < -0.39 is 35.5 Å². The van der Waals surface area contributed by atoms with Crippen LogP contribution >= 0.6 is 0 Å². The lowest BCUT2D eigenvalue weighted by Crippen LogP contribution is -2.57. The molecule has 1 unspecified atom stereocenters. The van der Waals surface area contributed by atoms with Gasteiger partial charge in [0, 0.05) is 19.5 Å². The molecule has 4 N–H and O–H groups in total. The number of hydrogen-bond acceptors (Lipinski definition) is 8. The summed E-state index contributed by atoms with van der Waals surface area (Å²) in [7, 11) is 1.58. The first-order chi connectivity index (χ1) is 20.2. The number of carbonyl (C=O) groups excluding carboxylic acids is 4. The molecule has 42 heavy (non-hydrogen) atoms.